The van der Waals surface area contributed by atoms with Crippen molar-refractivity contribution in [3.05, 3.63) is 35.4 Å². The van der Waals surface area contributed by atoms with Crippen LogP contribution < -0.4 is 11.1 Å². The van der Waals surface area contributed by atoms with Crippen LogP contribution >= 0.6 is 0 Å². The van der Waals surface area contributed by atoms with Gasteiger partial charge in [-0.3, -0.25) is 0 Å². The zero-order valence-electron chi connectivity index (χ0n) is 11.9. The molecule has 0 spiro atoms. The molecule has 0 radical (unpaired) electrons. The molecule has 4 N–H and O–H groups in total. The maximum Gasteiger partial charge on any atom is 0.170 e. The Morgan fingerprint density at radius 2 is 2.00 bits per heavy atom. The van der Waals surface area contributed by atoms with Crippen LogP contribution in [-0.2, 0) is 6.54 Å². The summed E-state index contributed by atoms with van der Waals surface area (Å²) in [6, 6.07) is 8.16. The summed E-state index contributed by atoms with van der Waals surface area (Å²) < 4.78 is 0. The van der Waals surface area contributed by atoms with Gasteiger partial charge < -0.3 is 21.2 Å². The molecule has 5 nitrogen and oxygen atoms in total. The minimum absolute atomic E-state index is 0.138. The van der Waals surface area contributed by atoms with Crippen molar-refractivity contribution in [1.82, 2.24) is 10.2 Å². The van der Waals surface area contributed by atoms with E-state index in [0.717, 1.165) is 25.1 Å². The Kier molecular flexibility index (Phi) is 6.32. The Balaban J connectivity index is 2.41. The molecule has 1 atom stereocenters. The van der Waals surface area contributed by atoms with Gasteiger partial charge in [0.1, 0.15) is 0 Å². The maximum atomic E-state index is 8.58. The topological polar surface area (TPSA) is 73.9 Å². The molecule has 0 aliphatic carbocycles. The van der Waals surface area contributed by atoms with Gasteiger partial charge in [0.05, 0.1) is 0 Å². The highest BCUT2D eigenvalue weighted by molar-refractivity contribution is 5.96. The van der Waals surface area contributed by atoms with Crippen molar-refractivity contribution in [1.29, 1.82) is 0 Å². The summed E-state index contributed by atoms with van der Waals surface area (Å²) in [6.07, 6.45) is 1.12. The third-order valence-electron chi connectivity index (χ3n) is 3.02. The first-order valence-electron chi connectivity index (χ1n) is 6.48. The van der Waals surface area contributed by atoms with E-state index >= 15 is 0 Å². The zero-order chi connectivity index (χ0) is 14.3. The summed E-state index contributed by atoms with van der Waals surface area (Å²) in [6.45, 7) is 4.09. The van der Waals surface area contributed by atoms with Gasteiger partial charge in [-0.05, 0) is 39.5 Å². The molecule has 0 aromatic heterocycles. The minimum atomic E-state index is 0.138. The average molecular weight is 264 g/mol. The monoisotopic (exact) mass is 264 g/mol. The lowest BCUT2D eigenvalue weighted by molar-refractivity contribution is 0.318. The fourth-order valence-electron chi connectivity index (χ4n) is 1.70. The predicted molar refractivity (Wildman–Crippen MR) is 78.4 cm³/mol. The number of hydrogen-bond acceptors (Lipinski definition) is 4. The van der Waals surface area contributed by atoms with E-state index in [1.807, 2.05) is 24.3 Å². The van der Waals surface area contributed by atoms with Crippen LogP contribution in [-0.4, -0.2) is 42.6 Å². The molecule has 0 saturated carbocycles. The number of nitrogens with one attached hydrogen (secondary N) is 1. The lowest BCUT2D eigenvalue weighted by atomic mass is 10.1. The lowest BCUT2D eigenvalue weighted by Gasteiger charge is -2.16. The van der Waals surface area contributed by atoms with Crippen LogP contribution in [0.4, 0.5) is 0 Å². The van der Waals surface area contributed by atoms with Crippen molar-refractivity contribution >= 4 is 5.84 Å². The van der Waals surface area contributed by atoms with E-state index < -0.39 is 0 Å². The number of amidine groups is 1. The molecule has 106 valence electrons. The molecule has 0 bridgehead atoms. The van der Waals surface area contributed by atoms with Gasteiger partial charge >= 0.3 is 0 Å². The third-order valence-corrected chi connectivity index (χ3v) is 3.02. The van der Waals surface area contributed by atoms with Gasteiger partial charge in [-0.1, -0.05) is 29.4 Å². The van der Waals surface area contributed by atoms with Crippen LogP contribution in [0.5, 0.6) is 0 Å². The summed E-state index contributed by atoms with van der Waals surface area (Å²) in [5.74, 6) is 0.138. The van der Waals surface area contributed by atoms with Crippen molar-refractivity contribution in [3.8, 4) is 0 Å². The summed E-state index contributed by atoms with van der Waals surface area (Å²) in [4.78, 5) is 2.18. The van der Waals surface area contributed by atoms with E-state index in [4.69, 9.17) is 10.9 Å². The highest BCUT2D eigenvalue weighted by atomic mass is 16.4. The number of hydrogen-bond donors (Lipinski definition) is 3. The smallest absolute Gasteiger partial charge is 0.170 e. The van der Waals surface area contributed by atoms with Gasteiger partial charge in [-0.15, -0.1) is 0 Å². The van der Waals surface area contributed by atoms with Crippen LogP contribution in [0.15, 0.2) is 29.4 Å². The fraction of sp³-hybridized carbons (Fsp3) is 0.500. The first kappa shape index (κ1) is 15.5. The van der Waals surface area contributed by atoms with Crippen molar-refractivity contribution in [3.63, 3.8) is 0 Å². The molecule has 1 aromatic rings. The van der Waals surface area contributed by atoms with Crippen molar-refractivity contribution in [2.24, 2.45) is 10.9 Å². The molecule has 0 saturated heterocycles. The molecule has 1 unspecified atom stereocenters. The largest absolute Gasteiger partial charge is 0.409 e. The highest BCUT2D eigenvalue weighted by Crippen LogP contribution is 2.05. The molecule has 0 aliphatic rings. The van der Waals surface area contributed by atoms with E-state index in [1.54, 1.807) is 0 Å². The number of nitrogens with zero attached hydrogens (tertiary/aromatic N) is 2. The summed E-state index contributed by atoms with van der Waals surface area (Å²) in [5.41, 5.74) is 7.43. The van der Waals surface area contributed by atoms with Crippen molar-refractivity contribution < 1.29 is 5.21 Å². The van der Waals surface area contributed by atoms with Crippen LogP contribution in [0.25, 0.3) is 0 Å². The highest BCUT2D eigenvalue weighted by Gasteiger charge is 2.03. The molecule has 1 rings (SSSR count). The Morgan fingerprint density at radius 1 is 1.37 bits per heavy atom. The van der Waals surface area contributed by atoms with Crippen LogP contribution in [0, 0.1) is 0 Å². The molecular weight excluding hydrogens is 240 g/mol. The van der Waals surface area contributed by atoms with Gasteiger partial charge in [0, 0.05) is 18.2 Å². The normalized spacial score (nSPS) is 13.8. The number of oxime groups is 1. The first-order valence-corrected chi connectivity index (χ1v) is 6.48. The van der Waals surface area contributed by atoms with Gasteiger partial charge in [0.15, 0.2) is 5.84 Å². The molecule has 0 fully saturated rings. The predicted octanol–water partition coefficient (Wildman–Crippen LogP) is 1.21. The van der Waals surface area contributed by atoms with Gasteiger partial charge in [-0.2, -0.15) is 0 Å². The van der Waals surface area contributed by atoms with E-state index in [1.165, 1.54) is 5.56 Å². The van der Waals surface area contributed by atoms with Gasteiger partial charge in [0.2, 0.25) is 0 Å². The molecule has 0 aliphatic heterocycles. The maximum absolute atomic E-state index is 8.58. The zero-order valence-corrected chi connectivity index (χ0v) is 11.9. The Bertz CT molecular complexity index is 400. The molecule has 0 amide bonds. The molecule has 0 heterocycles. The number of benzene rings is 1. The molecule has 19 heavy (non-hydrogen) atoms. The standard InChI is InChI=1S/C14H24N4O/c1-11(8-9-18(2)3)16-10-12-4-6-13(7-5-12)14(15)17-19/h4-7,11,16,19H,8-10H2,1-3H3,(H2,15,17). The van der Waals surface area contributed by atoms with E-state index in [9.17, 15) is 0 Å². The number of rotatable bonds is 7. The second kappa shape index (κ2) is 7.76. The first-order chi connectivity index (χ1) is 9.02. The van der Waals surface area contributed by atoms with Gasteiger partial charge in [0.25, 0.3) is 0 Å². The quantitative estimate of drug-likeness (QED) is 0.299. The number of nitrogens with two attached hydrogens (primary N) is 1. The summed E-state index contributed by atoms with van der Waals surface area (Å²) in [7, 11) is 4.16. The minimum Gasteiger partial charge on any atom is -0.409 e. The van der Waals surface area contributed by atoms with Crippen LogP contribution in [0.3, 0.4) is 0 Å². The summed E-state index contributed by atoms with van der Waals surface area (Å²) >= 11 is 0. The molecule has 1 aromatic carbocycles. The third kappa shape index (κ3) is 5.72. The molecular formula is C14H24N4O. The average Bonchev–Trinajstić information content (AvgIpc) is 2.42. The second-order valence-corrected chi connectivity index (χ2v) is 5.06. The SMILES string of the molecule is CC(CCN(C)C)NCc1ccc(C(N)=NO)cc1. The fourth-order valence-corrected chi connectivity index (χ4v) is 1.70. The molecule has 5 heteroatoms. The van der Waals surface area contributed by atoms with E-state index in [0.29, 0.717) is 6.04 Å². The Hall–Kier alpha value is -1.59. The Labute approximate surface area is 115 Å². The van der Waals surface area contributed by atoms with E-state index in [-0.39, 0.29) is 5.84 Å². The van der Waals surface area contributed by atoms with Crippen LogP contribution in [0.1, 0.15) is 24.5 Å². The lowest BCUT2D eigenvalue weighted by Crippen LogP contribution is -2.29. The Morgan fingerprint density at radius 3 is 2.53 bits per heavy atom. The second-order valence-electron chi connectivity index (χ2n) is 5.06. The van der Waals surface area contributed by atoms with Crippen LogP contribution in [0.2, 0.25) is 0 Å². The van der Waals surface area contributed by atoms with Crippen molar-refractivity contribution in [2.75, 3.05) is 20.6 Å². The van der Waals surface area contributed by atoms with Crippen molar-refractivity contribution in [2.45, 2.75) is 25.9 Å². The summed E-state index contributed by atoms with van der Waals surface area (Å²) in [5, 5.41) is 15.0. The van der Waals surface area contributed by atoms with Gasteiger partial charge in [-0.25, -0.2) is 0 Å². The van der Waals surface area contributed by atoms with E-state index in [2.05, 4.69) is 36.4 Å².